The van der Waals surface area contributed by atoms with Crippen molar-refractivity contribution < 1.29 is 9.59 Å². The van der Waals surface area contributed by atoms with Crippen LogP contribution in [0.2, 0.25) is 5.02 Å². The average molecular weight is 343 g/mol. The van der Waals surface area contributed by atoms with Gasteiger partial charge in [0.1, 0.15) is 0 Å². The van der Waals surface area contributed by atoms with Crippen LogP contribution < -0.4 is 10.2 Å². The third-order valence-corrected chi connectivity index (χ3v) is 4.38. The molecule has 0 atom stereocenters. The second-order valence-corrected chi connectivity index (χ2v) is 6.44. The van der Waals surface area contributed by atoms with Gasteiger partial charge in [-0.15, -0.1) is 0 Å². The molecule has 0 radical (unpaired) electrons. The fraction of sp³-hybridized carbons (Fsp3) is 0.263. The van der Waals surface area contributed by atoms with Crippen molar-refractivity contribution in [3.63, 3.8) is 0 Å². The van der Waals surface area contributed by atoms with Gasteiger partial charge in [0.05, 0.1) is 6.42 Å². The van der Waals surface area contributed by atoms with Crippen molar-refractivity contribution in [3.05, 3.63) is 58.6 Å². The van der Waals surface area contributed by atoms with Crippen molar-refractivity contribution >= 4 is 34.8 Å². The van der Waals surface area contributed by atoms with Gasteiger partial charge in [0.25, 0.3) is 0 Å². The van der Waals surface area contributed by atoms with E-state index in [0.717, 1.165) is 35.5 Å². The largest absolute Gasteiger partial charge is 0.326 e. The van der Waals surface area contributed by atoms with Crippen LogP contribution in [0, 0.1) is 6.92 Å². The first kappa shape index (κ1) is 16.5. The summed E-state index contributed by atoms with van der Waals surface area (Å²) < 4.78 is 0. The fourth-order valence-corrected chi connectivity index (χ4v) is 3.09. The Morgan fingerprint density at radius 2 is 1.96 bits per heavy atom. The summed E-state index contributed by atoms with van der Waals surface area (Å²) in [5, 5.41) is 3.55. The minimum absolute atomic E-state index is 0.0783. The predicted octanol–water partition coefficient (Wildman–Crippen LogP) is 3.96. The second-order valence-electron chi connectivity index (χ2n) is 6.00. The Morgan fingerprint density at radius 3 is 2.58 bits per heavy atom. The van der Waals surface area contributed by atoms with E-state index in [1.807, 2.05) is 37.3 Å². The summed E-state index contributed by atoms with van der Waals surface area (Å²) in [5.74, 6) is 0.0872. The molecule has 0 bridgehead atoms. The molecule has 0 saturated carbocycles. The molecule has 2 aromatic carbocycles. The van der Waals surface area contributed by atoms with E-state index in [9.17, 15) is 9.59 Å². The van der Waals surface area contributed by atoms with Gasteiger partial charge >= 0.3 is 0 Å². The number of hydrogen-bond donors (Lipinski definition) is 1. The third-order valence-electron chi connectivity index (χ3n) is 4.15. The van der Waals surface area contributed by atoms with Crippen LogP contribution >= 0.6 is 11.6 Å². The van der Waals surface area contributed by atoms with Crippen LogP contribution in [-0.2, 0) is 16.0 Å². The Hall–Kier alpha value is -2.33. The molecule has 1 heterocycles. The topological polar surface area (TPSA) is 49.4 Å². The molecule has 1 fully saturated rings. The first-order valence-electron chi connectivity index (χ1n) is 7.98. The number of carbonyl (C=O) groups excluding carboxylic acids is 2. The summed E-state index contributed by atoms with van der Waals surface area (Å²) in [6.07, 6.45) is 1.81. The molecule has 2 aromatic rings. The predicted molar refractivity (Wildman–Crippen MR) is 96.6 cm³/mol. The molecule has 4 nitrogen and oxygen atoms in total. The van der Waals surface area contributed by atoms with Gasteiger partial charge in [0, 0.05) is 29.4 Å². The number of benzene rings is 2. The van der Waals surface area contributed by atoms with E-state index in [1.165, 1.54) is 0 Å². The van der Waals surface area contributed by atoms with Crippen LogP contribution in [0.25, 0.3) is 0 Å². The maximum atomic E-state index is 12.2. The van der Waals surface area contributed by atoms with Gasteiger partial charge in [-0.25, -0.2) is 0 Å². The minimum atomic E-state index is -0.0783. The number of amides is 2. The molecular formula is C19H19ClN2O2. The lowest BCUT2D eigenvalue weighted by atomic mass is 10.1. The molecule has 2 amide bonds. The zero-order chi connectivity index (χ0) is 17.1. The van der Waals surface area contributed by atoms with Gasteiger partial charge in [-0.05, 0) is 54.8 Å². The molecule has 1 aliphatic rings. The lowest BCUT2D eigenvalue weighted by Gasteiger charge is -2.16. The summed E-state index contributed by atoms with van der Waals surface area (Å²) in [4.78, 5) is 25.7. The standard InChI is InChI=1S/C19H19ClN2O2/c1-13-11-15(20)6-9-17(13)21-18(23)12-14-4-7-16(8-5-14)22-10-2-3-19(22)24/h4-9,11H,2-3,10,12H2,1H3,(H,21,23). The number of hydrogen-bond acceptors (Lipinski definition) is 2. The van der Waals surface area contributed by atoms with Gasteiger partial charge in [-0.2, -0.15) is 0 Å². The first-order valence-corrected chi connectivity index (χ1v) is 8.36. The van der Waals surface area contributed by atoms with Crippen LogP contribution in [0.5, 0.6) is 0 Å². The van der Waals surface area contributed by atoms with Crippen LogP contribution in [0.4, 0.5) is 11.4 Å². The quantitative estimate of drug-likeness (QED) is 0.914. The minimum Gasteiger partial charge on any atom is -0.326 e. The molecule has 1 saturated heterocycles. The number of anilines is 2. The van der Waals surface area contributed by atoms with Crippen molar-refractivity contribution in [2.24, 2.45) is 0 Å². The molecular weight excluding hydrogens is 324 g/mol. The van der Waals surface area contributed by atoms with Crippen LogP contribution in [0.3, 0.4) is 0 Å². The maximum Gasteiger partial charge on any atom is 0.228 e. The SMILES string of the molecule is Cc1cc(Cl)ccc1NC(=O)Cc1ccc(N2CCCC2=O)cc1. The van der Waals surface area contributed by atoms with Crippen LogP contribution in [0.1, 0.15) is 24.0 Å². The van der Waals surface area contributed by atoms with Crippen molar-refractivity contribution in [2.45, 2.75) is 26.2 Å². The average Bonchev–Trinajstić information content (AvgIpc) is 2.97. The first-order chi connectivity index (χ1) is 11.5. The number of nitrogens with one attached hydrogen (secondary N) is 1. The summed E-state index contributed by atoms with van der Waals surface area (Å²) in [6.45, 7) is 2.68. The van der Waals surface area contributed by atoms with E-state index in [0.29, 0.717) is 11.4 Å². The highest BCUT2D eigenvalue weighted by Crippen LogP contribution is 2.22. The molecule has 24 heavy (non-hydrogen) atoms. The van der Waals surface area contributed by atoms with E-state index < -0.39 is 0 Å². The Kier molecular flexibility index (Phi) is 4.86. The molecule has 3 rings (SSSR count). The Bertz CT molecular complexity index is 771. The Morgan fingerprint density at radius 1 is 1.21 bits per heavy atom. The van der Waals surface area contributed by atoms with Gasteiger partial charge in [-0.3, -0.25) is 9.59 Å². The smallest absolute Gasteiger partial charge is 0.228 e. The Labute approximate surface area is 146 Å². The highest BCUT2D eigenvalue weighted by Gasteiger charge is 2.21. The summed E-state index contributed by atoms with van der Waals surface area (Å²) in [6, 6.07) is 13.0. The normalized spacial score (nSPS) is 14.1. The molecule has 1 aliphatic heterocycles. The molecule has 0 unspecified atom stereocenters. The lowest BCUT2D eigenvalue weighted by molar-refractivity contribution is -0.117. The van der Waals surface area contributed by atoms with Gasteiger partial charge in [0.2, 0.25) is 11.8 Å². The third kappa shape index (κ3) is 3.77. The number of nitrogens with zero attached hydrogens (tertiary/aromatic N) is 1. The van der Waals surface area contributed by atoms with Gasteiger partial charge in [0.15, 0.2) is 0 Å². The lowest BCUT2D eigenvalue weighted by Crippen LogP contribution is -2.23. The zero-order valence-corrected chi connectivity index (χ0v) is 14.3. The van der Waals surface area contributed by atoms with Crippen molar-refractivity contribution in [3.8, 4) is 0 Å². The summed E-state index contributed by atoms with van der Waals surface area (Å²) in [5.41, 5.74) is 3.51. The van der Waals surface area contributed by atoms with E-state index >= 15 is 0 Å². The van der Waals surface area contributed by atoms with Crippen molar-refractivity contribution in [2.75, 3.05) is 16.8 Å². The number of halogens is 1. The zero-order valence-electron chi connectivity index (χ0n) is 13.5. The monoisotopic (exact) mass is 342 g/mol. The number of carbonyl (C=O) groups is 2. The second kappa shape index (κ2) is 7.05. The highest BCUT2D eigenvalue weighted by atomic mass is 35.5. The van der Waals surface area contributed by atoms with E-state index in [4.69, 9.17) is 11.6 Å². The highest BCUT2D eigenvalue weighted by molar-refractivity contribution is 6.30. The van der Waals surface area contributed by atoms with Crippen LogP contribution in [0.15, 0.2) is 42.5 Å². The Balaban J connectivity index is 1.63. The van der Waals surface area contributed by atoms with E-state index in [1.54, 1.807) is 17.0 Å². The van der Waals surface area contributed by atoms with Gasteiger partial charge < -0.3 is 10.2 Å². The molecule has 124 valence electrons. The van der Waals surface area contributed by atoms with E-state index in [-0.39, 0.29) is 18.2 Å². The summed E-state index contributed by atoms with van der Waals surface area (Å²) >= 11 is 5.92. The van der Waals surface area contributed by atoms with Gasteiger partial charge in [-0.1, -0.05) is 23.7 Å². The van der Waals surface area contributed by atoms with E-state index in [2.05, 4.69) is 5.32 Å². The fourth-order valence-electron chi connectivity index (χ4n) is 2.86. The number of aryl methyl sites for hydroxylation is 1. The molecule has 0 spiro atoms. The molecule has 0 aromatic heterocycles. The molecule has 0 aliphatic carbocycles. The number of rotatable bonds is 4. The van der Waals surface area contributed by atoms with Crippen molar-refractivity contribution in [1.29, 1.82) is 0 Å². The maximum absolute atomic E-state index is 12.2. The molecule has 1 N–H and O–H groups in total. The summed E-state index contributed by atoms with van der Waals surface area (Å²) in [7, 11) is 0. The van der Waals surface area contributed by atoms with Crippen molar-refractivity contribution in [1.82, 2.24) is 0 Å². The molecule has 5 heteroatoms. The van der Waals surface area contributed by atoms with Crippen LogP contribution in [-0.4, -0.2) is 18.4 Å².